The fourth-order valence-corrected chi connectivity index (χ4v) is 8.82. The number of hydrogen-bond donors (Lipinski definition) is 0. The summed E-state index contributed by atoms with van der Waals surface area (Å²) in [6, 6.07) is 0. The Morgan fingerprint density at radius 3 is 0.867 bits per heavy atom. The van der Waals surface area contributed by atoms with E-state index in [9.17, 15) is 14.4 Å². The number of hydrogen-bond acceptors (Lipinski definition) is 6. The lowest BCUT2D eigenvalue weighted by molar-refractivity contribution is -0.167. The number of allylic oxidation sites excluding steroid dienone is 16. The van der Waals surface area contributed by atoms with Gasteiger partial charge in [0.25, 0.3) is 0 Å². The lowest BCUT2D eigenvalue weighted by Crippen LogP contribution is -2.30. The van der Waals surface area contributed by atoms with Crippen molar-refractivity contribution in [2.75, 3.05) is 13.2 Å². The van der Waals surface area contributed by atoms with E-state index < -0.39 is 6.10 Å². The molecule has 0 aliphatic rings. The normalized spacial score (nSPS) is 12.7. The maximum Gasteiger partial charge on any atom is 0.306 e. The Hall–Kier alpha value is -3.67. The van der Waals surface area contributed by atoms with Crippen LogP contribution in [0.3, 0.4) is 0 Å². The first-order chi connectivity index (χ1) is 37.0. The van der Waals surface area contributed by atoms with Gasteiger partial charge in [-0.3, -0.25) is 14.4 Å². The highest BCUT2D eigenvalue weighted by atomic mass is 16.6. The predicted octanol–water partition coefficient (Wildman–Crippen LogP) is 21.7. The van der Waals surface area contributed by atoms with Crippen LogP contribution < -0.4 is 0 Å². The van der Waals surface area contributed by atoms with Crippen LogP contribution in [0.5, 0.6) is 0 Å². The van der Waals surface area contributed by atoms with E-state index in [0.717, 1.165) is 128 Å². The third kappa shape index (κ3) is 61.1. The van der Waals surface area contributed by atoms with Gasteiger partial charge in [0.1, 0.15) is 13.2 Å². The van der Waals surface area contributed by atoms with E-state index in [1.54, 1.807) is 0 Å². The summed E-state index contributed by atoms with van der Waals surface area (Å²) in [6.07, 6.45) is 84.1. The lowest BCUT2D eigenvalue weighted by atomic mass is 10.0. The van der Waals surface area contributed by atoms with Gasteiger partial charge in [0.15, 0.2) is 6.10 Å². The number of ether oxygens (including phenoxy) is 3. The summed E-state index contributed by atoms with van der Waals surface area (Å²) in [5, 5.41) is 0. The van der Waals surface area contributed by atoms with Gasteiger partial charge in [-0.1, -0.05) is 285 Å². The monoisotopic (exact) mass is 1040 g/mol. The molecule has 0 saturated carbocycles. The Kier molecular flexibility index (Phi) is 59.8. The van der Waals surface area contributed by atoms with Crippen LogP contribution in [0.2, 0.25) is 0 Å². The third-order valence-corrected chi connectivity index (χ3v) is 13.6. The number of carbonyl (C=O) groups is 3. The van der Waals surface area contributed by atoms with Crippen molar-refractivity contribution in [3.63, 3.8) is 0 Å². The second-order valence-electron chi connectivity index (χ2n) is 20.9. The molecular formula is C69H118O6. The van der Waals surface area contributed by atoms with E-state index in [2.05, 4.69) is 118 Å². The van der Waals surface area contributed by atoms with Crippen LogP contribution in [0.25, 0.3) is 0 Å². The minimum atomic E-state index is -0.788. The van der Waals surface area contributed by atoms with Crippen molar-refractivity contribution in [1.82, 2.24) is 0 Å². The molecule has 75 heavy (non-hydrogen) atoms. The van der Waals surface area contributed by atoms with Gasteiger partial charge in [0, 0.05) is 19.3 Å². The molecule has 6 nitrogen and oxygen atoms in total. The van der Waals surface area contributed by atoms with Crippen molar-refractivity contribution < 1.29 is 28.6 Å². The lowest BCUT2D eigenvalue weighted by Gasteiger charge is -2.18. The van der Waals surface area contributed by atoms with Crippen LogP contribution in [0, 0.1) is 0 Å². The minimum Gasteiger partial charge on any atom is -0.462 e. The Bertz CT molecular complexity index is 1480. The summed E-state index contributed by atoms with van der Waals surface area (Å²) < 4.78 is 16.9. The molecule has 1 atom stereocenters. The molecule has 0 aromatic rings. The third-order valence-electron chi connectivity index (χ3n) is 13.6. The molecule has 0 aliphatic heterocycles. The van der Waals surface area contributed by atoms with E-state index >= 15 is 0 Å². The van der Waals surface area contributed by atoms with Crippen molar-refractivity contribution in [3.05, 3.63) is 97.2 Å². The molecule has 0 N–H and O–H groups in total. The van der Waals surface area contributed by atoms with Crippen LogP contribution >= 0.6 is 0 Å². The molecule has 0 spiro atoms. The zero-order valence-corrected chi connectivity index (χ0v) is 49.3. The number of rotatable bonds is 57. The van der Waals surface area contributed by atoms with Crippen molar-refractivity contribution in [1.29, 1.82) is 0 Å². The summed E-state index contributed by atoms with van der Waals surface area (Å²) in [5.41, 5.74) is 0. The largest absolute Gasteiger partial charge is 0.462 e. The second kappa shape index (κ2) is 62.9. The molecule has 0 aromatic heterocycles. The molecule has 0 heterocycles. The van der Waals surface area contributed by atoms with Crippen molar-refractivity contribution >= 4 is 17.9 Å². The maximum absolute atomic E-state index is 12.9. The summed E-state index contributed by atoms with van der Waals surface area (Å²) in [4.78, 5) is 38.2. The summed E-state index contributed by atoms with van der Waals surface area (Å²) in [7, 11) is 0. The second-order valence-corrected chi connectivity index (χ2v) is 20.9. The Morgan fingerprint density at radius 2 is 0.533 bits per heavy atom. The van der Waals surface area contributed by atoms with Gasteiger partial charge in [-0.2, -0.15) is 0 Å². The Labute approximate surface area is 464 Å². The molecule has 430 valence electrons. The SMILES string of the molecule is CC/C=C\C/C=C\C/C=C\C/C=C\C/C=C\C/C=C\C/C=C\CCCCCCCC(=O)OCC(COC(=O)CCCCCCC/C=C\CCCC)OC(=O)CCCCCCCCCCCCCCCCCCCCC. The highest BCUT2D eigenvalue weighted by Gasteiger charge is 2.19. The molecule has 0 fully saturated rings. The first-order valence-corrected chi connectivity index (χ1v) is 31.7. The van der Waals surface area contributed by atoms with E-state index in [0.29, 0.717) is 19.3 Å². The highest BCUT2D eigenvalue weighted by molar-refractivity contribution is 5.71. The Balaban J connectivity index is 4.32. The van der Waals surface area contributed by atoms with E-state index in [-0.39, 0.29) is 31.1 Å². The van der Waals surface area contributed by atoms with Gasteiger partial charge in [0.2, 0.25) is 0 Å². The van der Waals surface area contributed by atoms with Crippen LogP contribution in [-0.4, -0.2) is 37.2 Å². The molecule has 0 saturated heterocycles. The van der Waals surface area contributed by atoms with Crippen molar-refractivity contribution in [2.24, 2.45) is 0 Å². The van der Waals surface area contributed by atoms with Gasteiger partial charge in [-0.15, -0.1) is 0 Å². The van der Waals surface area contributed by atoms with Gasteiger partial charge in [-0.05, 0) is 96.3 Å². The molecular weight excluding hydrogens is 925 g/mol. The van der Waals surface area contributed by atoms with Gasteiger partial charge in [-0.25, -0.2) is 0 Å². The van der Waals surface area contributed by atoms with Crippen LogP contribution in [-0.2, 0) is 28.6 Å². The molecule has 0 rings (SSSR count). The quantitative estimate of drug-likeness (QED) is 0.0261. The van der Waals surface area contributed by atoms with Crippen molar-refractivity contribution in [2.45, 2.75) is 309 Å². The summed E-state index contributed by atoms with van der Waals surface area (Å²) >= 11 is 0. The zero-order chi connectivity index (χ0) is 54.3. The number of esters is 3. The van der Waals surface area contributed by atoms with Gasteiger partial charge < -0.3 is 14.2 Å². The highest BCUT2D eigenvalue weighted by Crippen LogP contribution is 2.16. The average molecular weight is 1040 g/mol. The summed E-state index contributed by atoms with van der Waals surface area (Å²) in [5.74, 6) is -0.904. The van der Waals surface area contributed by atoms with Crippen LogP contribution in [0.15, 0.2) is 97.2 Å². The van der Waals surface area contributed by atoms with E-state index in [1.165, 1.54) is 135 Å². The summed E-state index contributed by atoms with van der Waals surface area (Å²) in [6.45, 7) is 6.49. The van der Waals surface area contributed by atoms with Crippen molar-refractivity contribution in [3.8, 4) is 0 Å². The maximum atomic E-state index is 12.9. The van der Waals surface area contributed by atoms with Crippen LogP contribution in [0.1, 0.15) is 303 Å². The molecule has 1 unspecified atom stereocenters. The fraction of sp³-hybridized carbons (Fsp3) is 0.725. The average Bonchev–Trinajstić information content (AvgIpc) is 3.41. The zero-order valence-electron chi connectivity index (χ0n) is 49.3. The molecule has 0 radical (unpaired) electrons. The predicted molar refractivity (Wildman–Crippen MR) is 325 cm³/mol. The molecule has 0 bridgehead atoms. The molecule has 0 aromatic carbocycles. The van der Waals surface area contributed by atoms with Gasteiger partial charge in [0.05, 0.1) is 0 Å². The molecule has 6 heteroatoms. The smallest absolute Gasteiger partial charge is 0.306 e. The molecule has 0 amide bonds. The van der Waals surface area contributed by atoms with Gasteiger partial charge >= 0.3 is 17.9 Å². The van der Waals surface area contributed by atoms with E-state index in [4.69, 9.17) is 14.2 Å². The first-order valence-electron chi connectivity index (χ1n) is 31.7. The minimum absolute atomic E-state index is 0.0861. The van der Waals surface area contributed by atoms with Crippen LogP contribution in [0.4, 0.5) is 0 Å². The first kappa shape index (κ1) is 71.3. The fourth-order valence-electron chi connectivity index (χ4n) is 8.82. The van der Waals surface area contributed by atoms with E-state index in [1.807, 2.05) is 0 Å². The number of unbranched alkanes of at least 4 members (excludes halogenated alkanes) is 30. The number of carbonyl (C=O) groups excluding carboxylic acids is 3. The standard InChI is InChI=1S/C69H118O6/c1-4-7-10-13-16-19-22-24-26-28-30-31-32-33-34-35-36-37-39-40-42-44-47-50-53-56-59-62-68(71)74-65-66(64-73-67(70)61-58-55-52-49-46-21-18-15-12-9-6-3)75-69(72)63-60-57-54-51-48-45-43-41-38-29-27-25-23-20-17-14-11-8-5-2/h7,10,15-16,18-19,24,26,30-31,33-34,36-37,40,42,66H,4-6,8-9,11-14,17,20-23,25,27-29,32,35,38-39,41,43-65H2,1-3H3/b10-7-,18-15-,19-16-,26-24-,31-30-,34-33-,37-36-,42-40-. The Morgan fingerprint density at radius 1 is 0.280 bits per heavy atom. The topological polar surface area (TPSA) is 78.9 Å². The molecule has 0 aliphatic carbocycles.